The number of aromatic nitrogens is 2. The van der Waals surface area contributed by atoms with Gasteiger partial charge in [0.15, 0.2) is 0 Å². The number of aryl methyl sites for hydroxylation is 2. The molecule has 1 atom stereocenters. The maximum absolute atomic E-state index is 4.48. The van der Waals surface area contributed by atoms with Crippen LogP contribution in [0.15, 0.2) is 36.5 Å². The Kier molecular flexibility index (Phi) is 3.94. The van der Waals surface area contributed by atoms with Gasteiger partial charge < -0.3 is 4.57 Å². The zero-order valence-corrected chi connectivity index (χ0v) is 16.5. The first-order valence-electron chi connectivity index (χ1n) is 10.1. The van der Waals surface area contributed by atoms with E-state index < -0.39 is 0 Å². The third-order valence-electron chi connectivity index (χ3n) is 6.33. The summed E-state index contributed by atoms with van der Waals surface area (Å²) in [6.07, 6.45) is 8.07. The molecule has 3 heteroatoms. The summed E-state index contributed by atoms with van der Waals surface area (Å²) in [7, 11) is 0. The Labute approximate surface area is 161 Å². The largest absolute Gasteiger partial charge is 0.320 e. The second-order valence-electron chi connectivity index (χ2n) is 8.20. The summed E-state index contributed by atoms with van der Waals surface area (Å²) in [6, 6.07) is 11.8. The maximum atomic E-state index is 4.48. The van der Waals surface area contributed by atoms with Gasteiger partial charge >= 0.3 is 0 Å². The van der Waals surface area contributed by atoms with Crippen LogP contribution in [0.25, 0.3) is 22.7 Å². The van der Waals surface area contributed by atoms with Gasteiger partial charge in [0.2, 0.25) is 0 Å². The predicted molar refractivity (Wildman–Crippen MR) is 113 cm³/mol. The summed E-state index contributed by atoms with van der Waals surface area (Å²) in [4.78, 5) is 7.17. The fourth-order valence-electron chi connectivity index (χ4n) is 4.92. The molecule has 0 aliphatic carbocycles. The first-order chi connectivity index (χ1) is 13.1. The van der Waals surface area contributed by atoms with Crippen LogP contribution >= 0.6 is 0 Å². The molecule has 27 heavy (non-hydrogen) atoms. The molecule has 4 heterocycles. The molecule has 0 N–H and O–H groups in total. The molecule has 0 amide bonds. The summed E-state index contributed by atoms with van der Waals surface area (Å²) < 4.78 is 2.47. The van der Waals surface area contributed by atoms with E-state index in [1.165, 1.54) is 59.2 Å². The highest BCUT2D eigenvalue weighted by molar-refractivity contribution is 5.91. The Morgan fingerprint density at radius 2 is 2.04 bits per heavy atom. The van der Waals surface area contributed by atoms with Gasteiger partial charge in [0.25, 0.3) is 0 Å². The minimum absolute atomic E-state index is 0.606. The molecule has 0 radical (unpaired) electrons. The number of allylic oxidation sites excluding steroid dienone is 1. The molecule has 3 aromatic rings. The number of benzene rings is 1. The fourth-order valence-corrected chi connectivity index (χ4v) is 4.92. The van der Waals surface area contributed by atoms with Crippen molar-refractivity contribution in [2.24, 2.45) is 0 Å². The van der Waals surface area contributed by atoms with Crippen LogP contribution in [-0.2, 0) is 6.42 Å². The zero-order valence-electron chi connectivity index (χ0n) is 16.5. The summed E-state index contributed by atoms with van der Waals surface area (Å²) in [6.45, 7) is 8.88. The third kappa shape index (κ3) is 2.72. The van der Waals surface area contributed by atoms with E-state index in [4.69, 9.17) is 0 Å². The van der Waals surface area contributed by atoms with Gasteiger partial charge in [-0.05, 0) is 75.1 Å². The van der Waals surface area contributed by atoms with Crippen LogP contribution in [0.4, 0.5) is 0 Å². The Morgan fingerprint density at radius 3 is 2.85 bits per heavy atom. The van der Waals surface area contributed by atoms with Gasteiger partial charge in [0, 0.05) is 48.2 Å². The molecule has 2 aliphatic rings. The summed E-state index contributed by atoms with van der Waals surface area (Å²) in [5, 5.41) is 1.45. The Hall–Kier alpha value is -2.39. The van der Waals surface area contributed by atoms with Gasteiger partial charge in [-0.25, -0.2) is 0 Å². The molecule has 2 aromatic heterocycles. The van der Waals surface area contributed by atoms with Crippen LogP contribution in [0.3, 0.4) is 0 Å². The molecule has 0 bridgehead atoms. The van der Waals surface area contributed by atoms with E-state index >= 15 is 0 Å². The summed E-state index contributed by atoms with van der Waals surface area (Å²) in [5.41, 5.74) is 9.31. The Morgan fingerprint density at radius 1 is 1.15 bits per heavy atom. The lowest BCUT2D eigenvalue weighted by atomic mass is 9.95. The quantitative estimate of drug-likeness (QED) is 0.615. The molecule has 1 saturated heterocycles. The molecule has 1 fully saturated rings. The van der Waals surface area contributed by atoms with Gasteiger partial charge in [0.05, 0.1) is 5.52 Å². The number of fused-ring (bicyclic) bond motifs is 5. The number of pyridine rings is 1. The molecule has 5 rings (SSSR count). The zero-order chi connectivity index (χ0) is 18.5. The van der Waals surface area contributed by atoms with Crippen LogP contribution in [0, 0.1) is 13.8 Å². The first kappa shape index (κ1) is 16.8. The molecule has 3 nitrogen and oxygen atoms in total. The van der Waals surface area contributed by atoms with Crippen LogP contribution in [-0.4, -0.2) is 27.5 Å². The van der Waals surface area contributed by atoms with E-state index in [1.807, 2.05) is 13.1 Å². The lowest BCUT2D eigenvalue weighted by Crippen LogP contribution is -2.31. The lowest BCUT2D eigenvalue weighted by molar-refractivity contribution is 0.243. The summed E-state index contributed by atoms with van der Waals surface area (Å²) >= 11 is 0. The fraction of sp³-hybridized carbons (Fsp3) is 0.375. The number of rotatable bonds is 2. The highest BCUT2D eigenvalue weighted by Gasteiger charge is 2.35. The maximum Gasteiger partial charge on any atom is 0.0529 e. The SMILES string of the molecule is CC(=Cn1c2c(c3cc(C)ccc31)C1CCCN1CC2)c1ccc(C)nc1. The lowest BCUT2D eigenvalue weighted by Gasteiger charge is -2.30. The van der Waals surface area contributed by atoms with Crippen LogP contribution < -0.4 is 0 Å². The van der Waals surface area contributed by atoms with Crippen molar-refractivity contribution in [3.63, 3.8) is 0 Å². The number of nitrogens with zero attached hydrogens (tertiary/aromatic N) is 3. The second kappa shape index (κ2) is 6.35. The normalized spacial score (nSPS) is 20.1. The third-order valence-corrected chi connectivity index (χ3v) is 6.33. The van der Waals surface area contributed by atoms with Crippen molar-refractivity contribution in [2.45, 2.75) is 46.1 Å². The van der Waals surface area contributed by atoms with Crippen molar-refractivity contribution < 1.29 is 0 Å². The molecular weight excluding hydrogens is 330 g/mol. The van der Waals surface area contributed by atoms with Gasteiger partial charge in [-0.1, -0.05) is 17.7 Å². The molecule has 1 unspecified atom stereocenters. The highest BCUT2D eigenvalue weighted by atomic mass is 15.2. The molecule has 0 spiro atoms. The molecule has 2 aliphatic heterocycles. The van der Waals surface area contributed by atoms with Crippen molar-refractivity contribution in [1.82, 2.24) is 14.5 Å². The minimum Gasteiger partial charge on any atom is -0.320 e. The van der Waals surface area contributed by atoms with E-state index in [0.29, 0.717) is 6.04 Å². The van der Waals surface area contributed by atoms with Crippen LogP contribution in [0.2, 0.25) is 0 Å². The topological polar surface area (TPSA) is 21.1 Å². The number of hydrogen-bond acceptors (Lipinski definition) is 2. The second-order valence-corrected chi connectivity index (χ2v) is 8.20. The van der Waals surface area contributed by atoms with Crippen LogP contribution in [0.1, 0.15) is 53.9 Å². The predicted octanol–water partition coefficient (Wildman–Crippen LogP) is 5.36. The Bertz CT molecular complexity index is 1040. The van der Waals surface area contributed by atoms with Gasteiger partial charge in [-0.2, -0.15) is 0 Å². The average Bonchev–Trinajstić information content (AvgIpc) is 3.25. The summed E-state index contributed by atoms with van der Waals surface area (Å²) in [5.74, 6) is 0. The van der Waals surface area contributed by atoms with E-state index in [1.54, 1.807) is 5.56 Å². The van der Waals surface area contributed by atoms with Crippen molar-refractivity contribution in [3.8, 4) is 0 Å². The van der Waals surface area contributed by atoms with E-state index in [0.717, 1.165) is 12.1 Å². The smallest absolute Gasteiger partial charge is 0.0529 e. The monoisotopic (exact) mass is 357 g/mol. The van der Waals surface area contributed by atoms with Crippen molar-refractivity contribution in [1.29, 1.82) is 0 Å². The van der Waals surface area contributed by atoms with Gasteiger partial charge in [0.1, 0.15) is 0 Å². The first-order valence-corrected chi connectivity index (χ1v) is 10.1. The molecule has 138 valence electrons. The van der Waals surface area contributed by atoms with Crippen molar-refractivity contribution in [3.05, 3.63) is 64.6 Å². The van der Waals surface area contributed by atoms with Gasteiger partial charge in [-0.3, -0.25) is 9.88 Å². The van der Waals surface area contributed by atoms with Crippen molar-refractivity contribution >= 4 is 22.7 Å². The molecular formula is C24H27N3. The average molecular weight is 358 g/mol. The number of hydrogen-bond donors (Lipinski definition) is 0. The standard InChI is InChI=1S/C24H27N3/c1-16-6-9-21-20(13-16)24-22-5-4-11-26(22)12-10-23(24)27(21)15-17(2)19-8-7-18(3)25-14-19/h6-9,13-15,22H,4-5,10-12H2,1-3H3. The van der Waals surface area contributed by atoms with E-state index in [-0.39, 0.29) is 0 Å². The van der Waals surface area contributed by atoms with E-state index in [2.05, 4.69) is 64.8 Å². The highest BCUT2D eigenvalue weighted by Crippen LogP contribution is 2.43. The minimum atomic E-state index is 0.606. The molecule has 0 saturated carbocycles. The van der Waals surface area contributed by atoms with Gasteiger partial charge in [-0.15, -0.1) is 0 Å². The molecule has 1 aromatic carbocycles. The van der Waals surface area contributed by atoms with E-state index in [9.17, 15) is 0 Å². The van der Waals surface area contributed by atoms with Crippen molar-refractivity contribution in [2.75, 3.05) is 13.1 Å². The van der Waals surface area contributed by atoms with Crippen LogP contribution in [0.5, 0.6) is 0 Å². The Balaban J connectivity index is 1.71.